The molecule has 4 aliphatic rings. The first-order chi connectivity index (χ1) is 30.7. The van der Waals surface area contributed by atoms with Gasteiger partial charge in [0.15, 0.2) is 0 Å². The van der Waals surface area contributed by atoms with Crippen molar-refractivity contribution in [3.05, 3.63) is 275 Å². The standard InChI is InChI=1S/C59H42N2O/c1-3-16-39(17-4-1)54-38-55(61-58(60-54)40-18-5-2-6-19-40)47-25-15-24-45(36-47)43-22-13-20-41(34-43)42-21-14-23-44(35-42)46-32-33-49-48-26-7-8-27-50(48)59(53(49)37-46)51-28-9-11-30-56(51)62-57-31-12-10-29-52(57)59/h1-36,38,46,58,60H,37H2. The molecule has 2 atom stereocenters. The van der Waals surface area contributed by atoms with Crippen molar-refractivity contribution in [1.29, 1.82) is 0 Å². The zero-order chi connectivity index (χ0) is 41.0. The third-order valence-electron chi connectivity index (χ3n) is 13.2. The van der Waals surface area contributed by atoms with Gasteiger partial charge < -0.3 is 10.1 Å². The van der Waals surface area contributed by atoms with Gasteiger partial charge in [-0.05, 0) is 98.0 Å². The summed E-state index contributed by atoms with van der Waals surface area (Å²) in [5, 5.41) is 3.69. The molecule has 0 saturated carbocycles. The summed E-state index contributed by atoms with van der Waals surface area (Å²) >= 11 is 0. The smallest absolute Gasteiger partial charge is 0.145 e. The number of para-hydroxylation sites is 2. The van der Waals surface area contributed by atoms with Crippen molar-refractivity contribution in [1.82, 2.24) is 5.32 Å². The third kappa shape index (κ3) is 5.92. The molecule has 3 nitrogen and oxygen atoms in total. The summed E-state index contributed by atoms with van der Waals surface area (Å²) in [5.41, 5.74) is 18.9. The Morgan fingerprint density at radius 1 is 0.484 bits per heavy atom. The molecule has 0 bridgehead atoms. The van der Waals surface area contributed by atoms with Crippen LogP contribution in [0, 0.1) is 0 Å². The van der Waals surface area contributed by atoms with Crippen LogP contribution in [0.15, 0.2) is 235 Å². The van der Waals surface area contributed by atoms with Gasteiger partial charge in [0.2, 0.25) is 0 Å². The first-order valence-electron chi connectivity index (χ1n) is 21.6. The second-order valence-electron chi connectivity index (χ2n) is 16.6. The lowest BCUT2D eigenvalue weighted by Crippen LogP contribution is -2.34. The average molecular weight is 795 g/mol. The third-order valence-corrected chi connectivity index (χ3v) is 13.2. The molecule has 3 heteroatoms. The minimum Gasteiger partial charge on any atom is -0.457 e. The number of ether oxygens (including phenoxy) is 1. The van der Waals surface area contributed by atoms with Crippen LogP contribution in [-0.2, 0) is 5.41 Å². The minimum atomic E-state index is -0.429. The highest BCUT2D eigenvalue weighted by molar-refractivity contribution is 6.13. The van der Waals surface area contributed by atoms with E-state index < -0.39 is 5.41 Å². The monoisotopic (exact) mass is 794 g/mol. The number of fused-ring (bicyclic) bond motifs is 8. The molecule has 12 rings (SSSR count). The molecule has 294 valence electrons. The number of allylic oxidation sites excluding steroid dienone is 5. The average Bonchev–Trinajstić information content (AvgIpc) is 3.64. The van der Waals surface area contributed by atoms with Gasteiger partial charge in [-0.1, -0.05) is 194 Å². The van der Waals surface area contributed by atoms with Crippen molar-refractivity contribution in [2.75, 3.05) is 0 Å². The molecule has 8 aromatic carbocycles. The van der Waals surface area contributed by atoms with Gasteiger partial charge >= 0.3 is 0 Å². The topological polar surface area (TPSA) is 33.6 Å². The highest BCUT2D eigenvalue weighted by atomic mass is 16.5. The van der Waals surface area contributed by atoms with Crippen LogP contribution >= 0.6 is 0 Å². The molecular formula is C59H42N2O. The predicted molar refractivity (Wildman–Crippen MR) is 253 cm³/mol. The van der Waals surface area contributed by atoms with Crippen LogP contribution in [0.3, 0.4) is 0 Å². The Morgan fingerprint density at radius 2 is 1.02 bits per heavy atom. The zero-order valence-electron chi connectivity index (χ0n) is 34.1. The van der Waals surface area contributed by atoms with Gasteiger partial charge in [0, 0.05) is 28.3 Å². The van der Waals surface area contributed by atoms with Gasteiger partial charge in [-0.25, -0.2) is 0 Å². The summed E-state index contributed by atoms with van der Waals surface area (Å²) in [6.45, 7) is 0. The fraction of sp³-hybridized carbons (Fsp3) is 0.0678. The SMILES string of the molecule is C1=CC(c2cccc(-c3cccc(-c4cccc(C5=NC(c6ccccc6)NC(c6ccccc6)=C5)c4)c3)c2)CC2=C1c1ccccc1C21c2ccccc2Oc2ccccc21. The van der Waals surface area contributed by atoms with E-state index in [1.54, 1.807) is 0 Å². The van der Waals surface area contributed by atoms with E-state index in [-0.39, 0.29) is 12.1 Å². The Hall–Kier alpha value is -7.75. The predicted octanol–water partition coefficient (Wildman–Crippen LogP) is 14.1. The number of rotatable bonds is 6. The summed E-state index contributed by atoms with van der Waals surface area (Å²) in [5.74, 6) is 2.07. The quantitative estimate of drug-likeness (QED) is 0.182. The lowest BCUT2D eigenvalue weighted by Gasteiger charge is -2.42. The van der Waals surface area contributed by atoms with Crippen LogP contribution in [0.5, 0.6) is 11.5 Å². The molecule has 2 aliphatic heterocycles. The van der Waals surface area contributed by atoms with Crippen molar-refractivity contribution < 1.29 is 4.74 Å². The maximum atomic E-state index is 6.60. The van der Waals surface area contributed by atoms with Gasteiger partial charge in [-0.3, -0.25) is 4.99 Å². The first-order valence-corrected chi connectivity index (χ1v) is 21.6. The first kappa shape index (κ1) is 36.1. The molecule has 0 fully saturated rings. The molecule has 2 heterocycles. The van der Waals surface area contributed by atoms with Crippen LogP contribution in [0.1, 0.15) is 63.0 Å². The zero-order valence-corrected chi connectivity index (χ0v) is 34.1. The molecule has 1 spiro atoms. The van der Waals surface area contributed by atoms with E-state index in [9.17, 15) is 0 Å². The Morgan fingerprint density at radius 3 is 1.73 bits per heavy atom. The van der Waals surface area contributed by atoms with Crippen LogP contribution in [0.4, 0.5) is 0 Å². The Labute approximate surface area is 362 Å². The lowest BCUT2D eigenvalue weighted by atomic mass is 9.63. The normalized spacial score (nSPS) is 17.7. The molecule has 0 amide bonds. The maximum Gasteiger partial charge on any atom is 0.145 e. The second-order valence-corrected chi connectivity index (χ2v) is 16.6. The van der Waals surface area contributed by atoms with Crippen molar-refractivity contribution in [2.45, 2.75) is 23.9 Å². The molecule has 0 saturated heterocycles. The van der Waals surface area contributed by atoms with Gasteiger partial charge in [-0.2, -0.15) is 0 Å². The minimum absolute atomic E-state index is 0.189. The molecule has 0 aromatic heterocycles. The lowest BCUT2D eigenvalue weighted by molar-refractivity contribution is 0.431. The van der Waals surface area contributed by atoms with Gasteiger partial charge in [-0.15, -0.1) is 0 Å². The number of benzene rings is 8. The summed E-state index contributed by atoms with van der Waals surface area (Å²) in [7, 11) is 0. The Bertz CT molecular complexity index is 3130. The van der Waals surface area contributed by atoms with E-state index in [0.717, 1.165) is 51.6 Å². The fourth-order valence-electron chi connectivity index (χ4n) is 10.3. The largest absolute Gasteiger partial charge is 0.457 e. The van der Waals surface area contributed by atoms with Gasteiger partial charge in [0.05, 0.1) is 11.1 Å². The van der Waals surface area contributed by atoms with Crippen molar-refractivity contribution >= 4 is 17.0 Å². The molecule has 62 heavy (non-hydrogen) atoms. The number of aliphatic imine (C=N–C) groups is 1. The number of nitrogens with one attached hydrogen (secondary N) is 1. The maximum absolute atomic E-state index is 6.60. The van der Waals surface area contributed by atoms with Crippen LogP contribution in [-0.4, -0.2) is 5.71 Å². The van der Waals surface area contributed by atoms with Crippen molar-refractivity contribution in [2.24, 2.45) is 4.99 Å². The van der Waals surface area contributed by atoms with E-state index in [4.69, 9.17) is 9.73 Å². The molecular weight excluding hydrogens is 753 g/mol. The molecule has 2 aliphatic carbocycles. The fourth-order valence-corrected chi connectivity index (χ4v) is 10.3. The highest BCUT2D eigenvalue weighted by Gasteiger charge is 2.52. The Balaban J connectivity index is 0.881. The Kier molecular flexibility index (Phi) is 8.60. The van der Waals surface area contributed by atoms with Crippen molar-refractivity contribution in [3.63, 3.8) is 0 Å². The summed E-state index contributed by atoms with van der Waals surface area (Å²) in [6.07, 6.45) is 7.72. The summed E-state index contributed by atoms with van der Waals surface area (Å²) < 4.78 is 6.60. The van der Waals surface area contributed by atoms with E-state index in [2.05, 4.69) is 224 Å². The van der Waals surface area contributed by atoms with Crippen LogP contribution < -0.4 is 10.1 Å². The highest BCUT2D eigenvalue weighted by Crippen LogP contribution is 2.63. The second kappa shape index (κ2) is 14.8. The van der Waals surface area contributed by atoms with Crippen LogP contribution in [0.2, 0.25) is 0 Å². The van der Waals surface area contributed by atoms with Gasteiger partial charge in [0.25, 0.3) is 0 Å². The van der Waals surface area contributed by atoms with Crippen LogP contribution in [0.25, 0.3) is 33.5 Å². The summed E-state index contributed by atoms with van der Waals surface area (Å²) in [6, 6.07) is 74.2. The van der Waals surface area contributed by atoms with E-state index in [0.29, 0.717) is 0 Å². The van der Waals surface area contributed by atoms with Gasteiger partial charge in [0.1, 0.15) is 17.7 Å². The number of nitrogens with zero attached hydrogens (tertiary/aromatic N) is 1. The van der Waals surface area contributed by atoms with E-state index >= 15 is 0 Å². The molecule has 2 unspecified atom stereocenters. The number of hydrogen-bond acceptors (Lipinski definition) is 3. The number of hydrogen-bond donors (Lipinski definition) is 1. The summed E-state index contributed by atoms with van der Waals surface area (Å²) in [4.78, 5) is 5.25. The molecule has 1 N–H and O–H groups in total. The van der Waals surface area contributed by atoms with E-state index in [1.807, 2.05) is 6.07 Å². The molecule has 8 aromatic rings. The molecule has 0 radical (unpaired) electrons. The van der Waals surface area contributed by atoms with Crippen molar-refractivity contribution in [3.8, 4) is 33.8 Å². The van der Waals surface area contributed by atoms with E-state index in [1.165, 1.54) is 55.7 Å².